The number of benzene rings is 1. The van der Waals surface area contributed by atoms with Crippen molar-refractivity contribution in [1.29, 1.82) is 0 Å². The maximum Gasteiger partial charge on any atom is 0.152 e. The predicted molar refractivity (Wildman–Crippen MR) is 65.9 cm³/mol. The topological polar surface area (TPSA) is 36.1 Å². The summed E-state index contributed by atoms with van der Waals surface area (Å²) in [6.07, 6.45) is 4.70. The van der Waals surface area contributed by atoms with Gasteiger partial charge in [0.15, 0.2) is 6.29 Å². The van der Waals surface area contributed by atoms with Crippen molar-refractivity contribution in [2.75, 3.05) is 19.0 Å². The molecule has 1 aromatic heterocycles. The Morgan fingerprint density at radius 1 is 1.25 bits per heavy atom. The SMILES string of the molecule is CN(C)c1c(C=O)cccc1-c1cc[nH]c1. The van der Waals surface area contributed by atoms with E-state index in [9.17, 15) is 4.79 Å². The summed E-state index contributed by atoms with van der Waals surface area (Å²) in [4.78, 5) is 16.0. The van der Waals surface area contributed by atoms with Gasteiger partial charge in [0.2, 0.25) is 0 Å². The number of para-hydroxylation sites is 1. The first-order valence-corrected chi connectivity index (χ1v) is 5.12. The second kappa shape index (κ2) is 4.23. The normalized spacial score (nSPS) is 10.1. The molecule has 0 spiro atoms. The average molecular weight is 214 g/mol. The Labute approximate surface area is 94.7 Å². The van der Waals surface area contributed by atoms with Gasteiger partial charge in [-0.05, 0) is 12.1 Å². The second-order valence-corrected chi connectivity index (χ2v) is 3.86. The summed E-state index contributed by atoms with van der Waals surface area (Å²) in [5.41, 5.74) is 3.82. The van der Waals surface area contributed by atoms with Crippen molar-refractivity contribution in [1.82, 2.24) is 4.98 Å². The van der Waals surface area contributed by atoms with E-state index in [1.54, 1.807) is 0 Å². The van der Waals surface area contributed by atoms with Gasteiger partial charge in [-0.15, -0.1) is 0 Å². The van der Waals surface area contributed by atoms with Gasteiger partial charge in [-0.2, -0.15) is 0 Å². The molecule has 0 amide bonds. The Hall–Kier alpha value is -2.03. The fourth-order valence-electron chi connectivity index (χ4n) is 1.88. The molecule has 0 atom stereocenters. The van der Waals surface area contributed by atoms with Crippen LogP contribution in [0.3, 0.4) is 0 Å². The highest BCUT2D eigenvalue weighted by atomic mass is 16.1. The van der Waals surface area contributed by atoms with E-state index in [0.717, 1.165) is 23.1 Å². The molecule has 2 rings (SSSR count). The van der Waals surface area contributed by atoms with E-state index in [1.807, 2.05) is 55.7 Å². The summed E-state index contributed by atoms with van der Waals surface area (Å²) in [5, 5.41) is 0. The van der Waals surface area contributed by atoms with Crippen molar-refractivity contribution in [2.45, 2.75) is 0 Å². The van der Waals surface area contributed by atoms with Gasteiger partial charge in [-0.1, -0.05) is 12.1 Å². The number of aldehydes is 1. The Balaban J connectivity index is 2.65. The van der Waals surface area contributed by atoms with Crippen LogP contribution in [0.2, 0.25) is 0 Å². The smallest absolute Gasteiger partial charge is 0.152 e. The number of aromatic nitrogens is 1. The zero-order valence-electron chi connectivity index (χ0n) is 9.40. The van der Waals surface area contributed by atoms with E-state index in [0.29, 0.717) is 5.56 Å². The molecule has 1 heterocycles. The van der Waals surface area contributed by atoms with E-state index in [-0.39, 0.29) is 0 Å². The molecule has 1 N–H and O–H groups in total. The van der Waals surface area contributed by atoms with Crippen LogP contribution in [0, 0.1) is 0 Å². The zero-order valence-corrected chi connectivity index (χ0v) is 9.40. The number of hydrogen-bond acceptors (Lipinski definition) is 2. The largest absolute Gasteiger partial charge is 0.377 e. The van der Waals surface area contributed by atoms with Crippen LogP contribution < -0.4 is 4.90 Å². The monoisotopic (exact) mass is 214 g/mol. The number of nitrogens with one attached hydrogen (secondary N) is 1. The highest BCUT2D eigenvalue weighted by Crippen LogP contribution is 2.31. The van der Waals surface area contributed by atoms with E-state index >= 15 is 0 Å². The van der Waals surface area contributed by atoms with E-state index < -0.39 is 0 Å². The summed E-state index contributed by atoms with van der Waals surface area (Å²) in [7, 11) is 3.89. The molecule has 2 aromatic rings. The van der Waals surface area contributed by atoms with Crippen LogP contribution in [-0.4, -0.2) is 25.4 Å². The quantitative estimate of drug-likeness (QED) is 0.797. The highest BCUT2D eigenvalue weighted by molar-refractivity contribution is 5.92. The average Bonchev–Trinajstić information content (AvgIpc) is 2.81. The minimum Gasteiger partial charge on any atom is -0.377 e. The third kappa shape index (κ3) is 1.72. The molecule has 0 unspecified atom stereocenters. The molecule has 0 bridgehead atoms. The van der Waals surface area contributed by atoms with Crippen LogP contribution in [0.4, 0.5) is 5.69 Å². The van der Waals surface area contributed by atoms with Crippen molar-refractivity contribution < 1.29 is 4.79 Å². The molecule has 0 saturated carbocycles. The maximum atomic E-state index is 11.0. The minimum absolute atomic E-state index is 0.712. The number of H-pyrrole nitrogens is 1. The molecule has 0 aliphatic rings. The van der Waals surface area contributed by atoms with Crippen LogP contribution in [0.15, 0.2) is 36.7 Å². The number of hydrogen-bond donors (Lipinski definition) is 1. The molecule has 0 aliphatic heterocycles. The molecule has 16 heavy (non-hydrogen) atoms. The molecular weight excluding hydrogens is 200 g/mol. The van der Waals surface area contributed by atoms with Crippen LogP contribution >= 0.6 is 0 Å². The summed E-state index contributed by atoms with van der Waals surface area (Å²) in [6, 6.07) is 7.75. The lowest BCUT2D eigenvalue weighted by Crippen LogP contribution is -2.12. The molecule has 0 radical (unpaired) electrons. The zero-order chi connectivity index (χ0) is 11.5. The maximum absolute atomic E-state index is 11.0. The third-order valence-electron chi connectivity index (χ3n) is 2.55. The molecule has 82 valence electrons. The molecule has 0 fully saturated rings. The third-order valence-corrected chi connectivity index (χ3v) is 2.55. The summed E-state index contributed by atoms with van der Waals surface area (Å²) in [6.45, 7) is 0. The Morgan fingerprint density at radius 2 is 2.06 bits per heavy atom. The van der Waals surface area contributed by atoms with Crippen molar-refractivity contribution in [3.63, 3.8) is 0 Å². The first-order valence-electron chi connectivity index (χ1n) is 5.12. The summed E-state index contributed by atoms with van der Waals surface area (Å²) < 4.78 is 0. The standard InChI is InChI=1S/C13H14N2O/c1-15(2)13-11(9-16)4-3-5-12(13)10-6-7-14-8-10/h3-9,14H,1-2H3. The number of rotatable bonds is 3. The molecule has 1 aromatic carbocycles. The number of nitrogens with zero attached hydrogens (tertiary/aromatic N) is 1. The lowest BCUT2D eigenvalue weighted by molar-refractivity contribution is 0.112. The van der Waals surface area contributed by atoms with Gasteiger partial charge in [-0.3, -0.25) is 4.79 Å². The predicted octanol–water partition coefficient (Wildman–Crippen LogP) is 2.56. The van der Waals surface area contributed by atoms with Gasteiger partial charge < -0.3 is 9.88 Å². The van der Waals surface area contributed by atoms with Gasteiger partial charge in [-0.25, -0.2) is 0 Å². The lowest BCUT2D eigenvalue weighted by Gasteiger charge is -2.19. The van der Waals surface area contributed by atoms with Gasteiger partial charge in [0.05, 0.1) is 5.69 Å². The van der Waals surface area contributed by atoms with Crippen molar-refractivity contribution in [3.05, 3.63) is 42.2 Å². The van der Waals surface area contributed by atoms with Gasteiger partial charge >= 0.3 is 0 Å². The number of carbonyl (C=O) groups is 1. The fraction of sp³-hybridized carbons (Fsp3) is 0.154. The van der Waals surface area contributed by atoms with Crippen molar-refractivity contribution in [2.24, 2.45) is 0 Å². The van der Waals surface area contributed by atoms with Crippen LogP contribution in [0.1, 0.15) is 10.4 Å². The Bertz CT molecular complexity index is 487. The first kappa shape index (κ1) is 10.5. The molecule has 0 saturated heterocycles. The van der Waals surface area contributed by atoms with E-state index in [4.69, 9.17) is 0 Å². The van der Waals surface area contributed by atoms with Crippen LogP contribution in [0.5, 0.6) is 0 Å². The Kier molecular flexibility index (Phi) is 2.77. The highest BCUT2D eigenvalue weighted by Gasteiger charge is 2.11. The van der Waals surface area contributed by atoms with Gasteiger partial charge in [0.1, 0.15) is 0 Å². The van der Waals surface area contributed by atoms with Gasteiger partial charge in [0.25, 0.3) is 0 Å². The second-order valence-electron chi connectivity index (χ2n) is 3.86. The Morgan fingerprint density at radius 3 is 2.62 bits per heavy atom. The van der Waals surface area contributed by atoms with Crippen LogP contribution in [0.25, 0.3) is 11.1 Å². The molecule has 3 nitrogen and oxygen atoms in total. The van der Waals surface area contributed by atoms with E-state index in [2.05, 4.69) is 4.98 Å². The van der Waals surface area contributed by atoms with Crippen molar-refractivity contribution >= 4 is 12.0 Å². The summed E-state index contributed by atoms with van der Waals surface area (Å²) in [5.74, 6) is 0. The fourth-order valence-corrected chi connectivity index (χ4v) is 1.88. The van der Waals surface area contributed by atoms with Crippen LogP contribution in [-0.2, 0) is 0 Å². The molecule has 3 heteroatoms. The molecule has 0 aliphatic carbocycles. The minimum atomic E-state index is 0.712. The van der Waals surface area contributed by atoms with E-state index in [1.165, 1.54) is 0 Å². The summed E-state index contributed by atoms with van der Waals surface area (Å²) >= 11 is 0. The number of carbonyl (C=O) groups excluding carboxylic acids is 1. The first-order chi connectivity index (χ1) is 7.74. The molecular formula is C13H14N2O. The number of anilines is 1. The number of aromatic amines is 1. The van der Waals surface area contributed by atoms with Gasteiger partial charge in [0, 0.05) is 43.2 Å². The lowest BCUT2D eigenvalue weighted by atomic mass is 10.0. The van der Waals surface area contributed by atoms with Crippen molar-refractivity contribution in [3.8, 4) is 11.1 Å².